The lowest BCUT2D eigenvalue weighted by molar-refractivity contribution is 0.601. The average Bonchev–Trinajstić information content (AvgIpc) is 2.83. The monoisotopic (exact) mass is 262 g/mol. The second-order valence-corrected chi connectivity index (χ2v) is 5.42. The van der Waals surface area contributed by atoms with E-state index in [9.17, 15) is 0 Å². The molecule has 0 atom stereocenters. The summed E-state index contributed by atoms with van der Waals surface area (Å²) in [5, 5.41) is 9.66. The highest BCUT2D eigenvalue weighted by atomic mass is 32.1. The molecular weight excluding hydrogens is 244 g/mol. The molecule has 0 amide bonds. The van der Waals surface area contributed by atoms with Gasteiger partial charge in [0.15, 0.2) is 0 Å². The first-order chi connectivity index (χ1) is 8.62. The molecule has 18 heavy (non-hydrogen) atoms. The van der Waals surface area contributed by atoms with Gasteiger partial charge in [-0.3, -0.25) is 0 Å². The first-order valence-electron chi connectivity index (χ1n) is 6.01. The standard InChI is InChI=1S/C13H18N4S/c1-4-14-10-6-5-7-11(16-10)17-13(2,3)12-15-8-9-18-12/h5-9H,4H2,1-3H3,(H2,14,16,17). The number of nitrogens with one attached hydrogen (secondary N) is 2. The highest BCUT2D eigenvalue weighted by Gasteiger charge is 2.23. The van der Waals surface area contributed by atoms with Crippen LogP contribution < -0.4 is 10.6 Å². The van der Waals surface area contributed by atoms with Gasteiger partial charge >= 0.3 is 0 Å². The van der Waals surface area contributed by atoms with Crippen molar-refractivity contribution in [3.05, 3.63) is 34.8 Å². The quantitative estimate of drug-likeness (QED) is 0.868. The van der Waals surface area contributed by atoms with E-state index in [4.69, 9.17) is 0 Å². The number of hydrogen-bond acceptors (Lipinski definition) is 5. The Morgan fingerprint density at radius 1 is 1.28 bits per heavy atom. The van der Waals surface area contributed by atoms with Crippen molar-refractivity contribution >= 4 is 23.0 Å². The lowest BCUT2D eigenvalue weighted by Crippen LogP contribution is -2.28. The fraction of sp³-hybridized carbons (Fsp3) is 0.385. The zero-order valence-electron chi connectivity index (χ0n) is 10.9. The van der Waals surface area contributed by atoms with Crippen LogP contribution in [-0.2, 0) is 5.54 Å². The van der Waals surface area contributed by atoms with Gasteiger partial charge in [-0.1, -0.05) is 6.07 Å². The van der Waals surface area contributed by atoms with Crippen molar-refractivity contribution in [1.82, 2.24) is 9.97 Å². The van der Waals surface area contributed by atoms with Gasteiger partial charge in [0.2, 0.25) is 0 Å². The molecule has 2 aromatic heterocycles. The van der Waals surface area contributed by atoms with Crippen LogP contribution in [0.15, 0.2) is 29.8 Å². The fourth-order valence-corrected chi connectivity index (χ4v) is 2.41. The molecule has 0 aliphatic rings. The third-order valence-corrected chi connectivity index (χ3v) is 3.61. The van der Waals surface area contributed by atoms with E-state index in [0.717, 1.165) is 23.2 Å². The summed E-state index contributed by atoms with van der Waals surface area (Å²) >= 11 is 1.65. The minimum absolute atomic E-state index is 0.216. The maximum atomic E-state index is 4.51. The van der Waals surface area contributed by atoms with Crippen molar-refractivity contribution in [2.45, 2.75) is 26.3 Å². The van der Waals surface area contributed by atoms with Crippen LogP contribution >= 0.6 is 11.3 Å². The summed E-state index contributed by atoms with van der Waals surface area (Å²) in [6.45, 7) is 7.13. The minimum atomic E-state index is -0.216. The Labute approximate surface area is 111 Å². The Kier molecular flexibility index (Phi) is 3.81. The number of hydrogen-bond donors (Lipinski definition) is 2. The molecule has 0 fully saturated rings. The Hall–Kier alpha value is -1.62. The van der Waals surface area contributed by atoms with Gasteiger partial charge in [-0.15, -0.1) is 11.3 Å². The Balaban J connectivity index is 2.16. The summed E-state index contributed by atoms with van der Waals surface area (Å²) in [5.74, 6) is 1.74. The molecule has 2 N–H and O–H groups in total. The Morgan fingerprint density at radius 3 is 2.72 bits per heavy atom. The molecule has 0 aliphatic heterocycles. The molecule has 5 heteroatoms. The second kappa shape index (κ2) is 5.35. The lowest BCUT2D eigenvalue weighted by atomic mass is 10.1. The highest BCUT2D eigenvalue weighted by Crippen LogP contribution is 2.26. The summed E-state index contributed by atoms with van der Waals surface area (Å²) in [7, 11) is 0. The fourth-order valence-electron chi connectivity index (χ4n) is 1.69. The molecular formula is C13H18N4S. The van der Waals surface area contributed by atoms with Crippen LogP contribution in [0.5, 0.6) is 0 Å². The average molecular weight is 262 g/mol. The van der Waals surface area contributed by atoms with Gasteiger partial charge in [0.25, 0.3) is 0 Å². The molecule has 0 aromatic carbocycles. The van der Waals surface area contributed by atoms with Gasteiger partial charge in [-0.05, 0) is 32.9 Å². The predicted molar refractivity (Wildman–Crippen MR) is 77.2 cm³/mol. The van der Waals surface area contributed by atoms with Gasteiger partial charge in [-0.25, -0.2) is 9.97 Å². The molecule has 2 heterocycles. The molecule has 96 valence electrons. The molecule has 2 rings (SSSR count). The molecule has 0 unspecified atom stereocenters. The molecule has 0 aliphatic carbocycles. The summed E-state index contributed by atoms with van der Waals surface area (Å²) in [6, 6.07) is 5.92. The van der Waals surface area contributed by atoms with Gasteiger partial charge in [0.05, 0.1) is 5.54 Å². The third-order valence-electron chi connectivity index (χ3n) is 2.51. The molecule has 0 radical (unpaired) electrons. The topological polar surface area (TPSA) is 49.8 Å². The van der Waals surface area contributed by atoms with Gasteiger partial charge in [-0.2, -0.15) is 0 Å². The maximum absolute atomic E-state index is 4.51. The van der Waals surface area contributed by atoms with Gasteiger partial charge < -0.3 is 10.6 Å². The van der Waals surface area contributed by atoms with Crippen molar-refractivity contribution in [2.75, 3.05) is 17.2 Å². The van der Waals surface area contributed by atoms with Crippen LogP contribution in [0.2, 0.25) is 0 Å². The van der Waals surface area contributed by atoms with E-state index in [0.29, 0.717) is 0 Å². The summed E-state index contributed by atoms with van der Waals surface area (Å²) in [6.07, 6.45) is 1.83. The number of anilines is 2. The SMILES string of the molecule is CCNc1cccc(NC(C)(C)c2nccs2)n1. The predicted octanol–water partition coefficient (Wildman–Crippen LogP) is 3.32. The number of pyridine rings is 1. The summed E-state index contributed by atoms with van der Waals surface area (Å²) < 4.78 is 0. The van der Waals surface area contributed by atoms with E-state index in [-0.39, 0.29) is 5.54 Å². The minimum Gasteiger partial charge on any atom is -0.370 e. The van der Waals surface area contributed by atoms with Crippen LogP contribution in [-0.4, -0.2) is 16.5 Å². The molecule has 2 aromatic rings. The zero-order chi connectivity index (χ0) is 13.0. The van der Waals surface area contributed by atoms with Crippen LogP contribution in [0.1, 0.15) is 25.8 Å². The lowest BCUT2D eigenvalue weighted by Gasteiger charge is -2.24. The molecule has 0 spiro atoms. The van der Waals surface area contributed by atoms with Crippen molar-refractivity contribution in [1.29, 1.82) is 0 Å². The Bertz CT molecular complexity index is 493. The number of rotatable bonds is 5. The van der Waals surface area contributed by atoms with Crippen molar-refractivity contribution < 1.29 is 0 Å². The van der Waals surface area contributed by atoms with Crippen molar-refractivity contribution in [3.63, 3.8) is 0 Å². The molecule has 0 bridgehead atoms. The molecule has 0 saturated carbocycles. The molecule has 0 saturated heterocycles. The summed E-state index contributed by atoms with van der Waals surface area (Å²) in [5.41, 5.74) is -0.216. The van der Waals surface area contributed by atoms with E-state index in [1.165, 1.54) is 0 Å². The van der Waals surface area contributed by atoms with Crippen LogP contribution in [0.25, 0.3) is 0 Å². The van der Waals surface area contributed by atoms with E-state index < -0.39 is 0 Å². The number of aromatic nitrogens is 2. The van der Waals surface area contributed by atoms with E-state index in [2.05, 4.69) is 41.4 Å². The number of thiazole rings is 1. The van der Waals surface area contributed by atoms with Crippen molar-refractivity contribution in [2.24, 2.45) is 0 Å². The normalized spacial score (nSPS) is 11.3. The van der Waals surface area contributed by atoms with E-state index in [1.54, 1.807) is 11.3 Å². The first-order valence-corrected chi connectivity index (χ1v) is 6.89. The van der Waals surface area contributed by atoms with E-state index >= 15 is 0 Å². The van der Waals surface area contributed by atoms with Gasteiger partial charge in [0, 0.05) is 18.1 Å². The first kappa shape index (κ1) is 12.8. The maximum Gasteiger partial charge on any atom is 0.129 e. The highest BCUT2D eigenvalue weighted by molar-refractivity contribution is 7.09. The van der Waals surface area contributed by atoms with Gasteiger partial charge in [0.1, 0.15) is 16.6 Å². The Morgan fingerprint density at radius 2 is 2.06 bits per heavy atom. The van der Waals surface area contributed by atoms with E-state index in [1.807, 2.05) is 29.8 Å². The van der Waals surface area contributed by atoms with Crippen LogP contribution in [0, 0.1) is 0 Å². The van der Waals surface area contributed by atoms with Crippen LogP contribution in [0.4, 0.5) is 11.6 Å². The zero-order valence-corrected chi connectivity index (χ0v) is 11.7. The van der Waals surface area contributed by atoms with Crippen molar-refractivity contribution in [3.8, 4) is 0 Å². The largest absolute Gasteiger partial charge is 0.370 e. The smallest absolute Gasteiger partial charge is 0.129 e. The third kappa shape index (κ3) is 2.98. The molecule has 4 nitrogen and oxygen atoms in total. The summed E-state index contributed by atoms with van der Waals surface area (Å²) in [4.78, 5) is 8.87. The second-order valence-electron chi connectivity index (χ2n) is 4.53. The van der Waals surface area contributed by atoms with Crippen LogP contribution in [0.3, 0.4) is 0 Å². The number of nitrogens with zero attached hydrogens (tertiary/aromatic N) is 2.